The second-order valence-corrected chi connectivity index (χ2v) is 7.44. The fourth-order valence-corrected chi connectivity index (χ4v) is 4.15. The number of carbonyl (C=O) groups is 1. The maximum atomic E-state index is 12.2. The van der Waals surface area contributed by atoms with E-state index in [1.54, 1.807) is 14.2 Å². The summed E-state index contributed by atoms with van der Waals surface area (Å²) in [4.78, 5) is 12.2. The zero-order chi connectivity index (χ0) is 17.5. The lowest BCUT2D eigenvalue weighted by Crippen LogP contribution is -2.20. The normalized spacial score (nSPS) is 26.0. The van der Waals surface area contributed by atoms with Gasteiger partial charge in [0.25, 0.3) is 0 Å². The number of hydrogen-bond donors (Lipinski definition) is 1. The Kier molecular flexibility index (Phi) is 4.33. The van der Waals surface area contributed by atoms with Crippen LogP contribution < -0.4 is 14.8 Å². The summed E-state index contributed by atoms with van der Waals surface area (Å²) in [7, 11) is 3.29. The molecule has 0 aromatic heterocycles. The first-order chi connectivity index (χ1) is 11.4. The average molecular weight is 329 g/mol. The van der Waals surface area contributed by atoms with Crippen LogP contribution in [0.15, 0.2) is 29.5 Å². The van der Waals surface area contributed by atoms with Crippen LogP contribution in [0.2, 0.25) is 0 Å². The summed E-state index contributed by atoms with van der Waals surface area (Å²) >= 11 is 0. The van der Waals surface area contributed by atoms with Gasteiger partial charge in [-0.15, -0.1) is 0 Å². The Balaban J connectivity index is 1.62. The molecule has 0 spiro atoms. The van der Waals surface area contributed by atoms with E-state index in [9.17, 15) is 4.79 Å². The van der Waals surface area contributed by atoms with Gasteiger partial charge < -0.3 is 14.8 Å². The van der Waals surface area contributed by atoms with Crippen molar-refractivity contribution in [2.24, 2.45) is 17.3 Å². The second kappa shape index (κ2) is 6.15. The van der Waals surface area contributed by atoms with E-state index in [0.717, 1.165) is 42.2 Å². The molecule has 2 fully saturated rings. The lowest BCUT2D eigenvalue weighted by molar-refractivity contribution is -0.115. The standard InChI is InChI=1S/C20H27NO3/c1-12(18-15(22)11-14-19(18)20(14,2)3)21-9-8-13-6-7-16(23-4)17(10-13)24-5/h6-7,10,14,19,21H,8-9,11H2,1-5H3/t14-,19+/m1/s1. The van der Waals surface area contributed by atoms with Crippen LogP contribution in [0.25, 0.3) is 0 Å². The van der Waals surface area contributed by atoms with Gasteiger partial charge >= 0.3 is 0 Å². The van der Waals surface area contributed by atoms with Crippen LogP contribution in [-0.4, -0.2) is 26.5 Å². The second-order valence-electron chi connectivity index (χ2n) is 7.44. The molecule has 0 unspecified atom stereocenters. The highest BCUT2D eigenvalue weighted by Crippen LogP contribution is 2.68. The predicted octanol–water partition coefficient (Wildman–Crippen LogP) is 3.35. The van der Waals surface area contributed by atoms with Gasteiger partial charge in [-0.2, -0.15) is 0 Å². The van der Waals surface area contributed by atoms with Gasteiger partial charge in [-0.3, -0.25) is 4.79 Å². The molecular weight excluding hydrogens is 302 g/mol. The molecule has 0 bridgehead atoms. The Labute approximate surface area is 144 Å². The lowest BCUT2D eigenvalue weighted by Gasteiger charge is -2.15. The van der Waals surface area contributed by atoms with E-state index < -0.39 is 0 Å². The topological polar surface area (TPSA) is 47.6 Å². The number of carbonyl (C=O) groups excluding carboxylic acids is 1. The van der Waals surface area contributed by atoms with E-state index in [0.29, 0.717) is 23.0 Å². The smallest absolute Gasteiger partial charge is 0.161 e. The molecule has 0 aliphatic heterocycles. The summed E-state index contributed by atoms with van der Waals surface area (Å²) in [5, 5.41) is 3.45. The van der Waals surface area contributed by atoms with Crippen LogP contribution >= 0.6 is 0 Å². The molecular formula is C20H27NO3. The number of ether oxygens (including phenoxy) is 2. The maximum Gasteiger partial charge on any atom is 0.161 e. The van der Waals surface area contributed by atoms with Crippen LogP contribution in [0.4, 0.5) is 0 Å². The maximum absolute atomic E-state index is 12.2. The summed E-state index contributed by atoms with van der Waals surface area (Å²) in [6.45, 7) is 7.38. The van der Waals surface area contributed by atoms with Crippen molar-refractivity contribution in [1.29, 1.82) is 0 Å². The van der Waals surface area contributed by atoms with Crippen LogP contribution in [0.1, 0.15) is 32.8 Å². The van der Waals surface area contributed by atoms with E-state index in [1.807, 2.05) is 25.1 Å². The highest BCUT2D eigenvalue weighted by Gasteiger charge is 2.65. The van der Waals surface area contributed by atoms with Crippen molar-refractivity contribution in [3.05, 3.63) is 35.0 Å². The van der Waals surface area contributed by atoms with Crippen molar-refractivity contribution in [1.82, 2.24) is 5.32 Å². The number of Topliss-reactive ketones (excluding diaryl/α,β-unsaturated/α-hetero) is 1. The number of fused-ring (bicyclic) bond motifs is 1. The number of rotatable bonds is 6. The first-order valence-corrected chi connectivity index (χ1v) is 8.59. The Morgan fingerprint density at radius 2 is 1.96 bits per heavy atom. The molecule has 0 amide bonds. The van der Waals surface area contributed by atoms with Gasteiger partial charge in [0.2, 0.25) is 0 Å². The molecule has 2 aliphatic carbocycles. The molecule has 1 N–H and O–H groups in total. The monoisotopic (exact) mass is 329 g/mol. The van der Waals surface area contributed by atoms with Gasteiger partial charge in [0, 0.05) is 24.2 Å². The van der Waals surface area contributed by atoms with E-state index in [2.05, 4.69) is 19.2 Å². The molecule has 24 heavy (non-hydrogen) atoms. The third-order valence-corrected chi connectivity index (χ3v) is 5.72. The van der Waals surface area contributed by atoms with Crippen molar-refractivity contribution < 1.29 is 14.3 Å². The number of allylic oxidation sites excluding steroid dienone is 2. The van der Waals surface area contributed by atoms with Gasteiger partial charge in [0.1, 0.15) is 0 Å². The van der Waals surface area contributed by atoms with Crippen LogP contribution in [-0.2, 0) is 11.2 Å². The Bertz CT molecular complexity index is 690. The zero-order valence-corrected chi connectivity index (χ0v) is 15.2. The molecule has 2 atom stereocenters. The van der Waals surface area contributed by atoms with Gasteiger partial charge in [0.05, 0.1) is 14.2 Å². The summed E-state index contributed by atoms with van der Waals surface area (Å²) < 4.78 is 10.6. The Morgan fingerprint density at radius 1 is 1.25 bits per heavy atom. The molecule has 0 saturated heterocycles. The molecule has 130 valence electrons. The van der Waals surface area contributed by atoms with Gasteiger partial charge in [-0.05, 0) is 48.3 Å². The average Bonchev–Trinajstić information content (AvgIpc) is 2.91. The van der Waals surface area contributed by atoms with Gasteiger partial charge in [-0.25, -0.2) is 0 Å². The van der Waals surface area contributed by atoms with E-state index in [-0.39, 0.29) is 0 Å². The highest BCUT2D eigenvalue weighted by atomic mass is 16.5. The van der Waals surface area contributed by atoms with Crippen molar-refractivity contribution in [3.63, 3.8) is 0 Å². The van der Waals surface area contributed by atoms with E-state index in [4.69, 9.17) is 9.47 Å². The molecule has 0 heterocycles. The fourth-order valence-electron chi connectivity index (χ4n) is 4.15. The molecule has 1 aromatic rings. The lowest BCUT2D eigenvalue weighted by atomic mass is 9.95. The van der Waals surface area contributed by atoms with Crippen LogP contribution in [0.3, 0.4) is 0 Å². The van der Waals surface area contributed by atoms with E-state index in [1.165, 1.54) is 5.56 Å². The third kappa shape index (κ3) is 2.79. The Morgan fingerprint density at radius 3 is 2.58 bits per heavy atom. The Hall–Kier alpha value is -1.97. The molecule has 3 rings (SSSR count). The summed E-state index contributed by atoms with van der Waals surface area (Å²) in [5.74, 6) is 2.84. The molecule has 2 aliphatic rings. The van der Waals surface area contributed by atoms with Crippen molar-refractivity contribution in [2.45, 2.75) is 33.6 Å². The number of nitrogens with one attached hydrogen (secondary N) is 1. The number of benzene rings is 1. The van der Waals surface area contributed by atoms with Crippen LogP contribution in [0.5, 0.6) is 11.5 Å². The van der Waals surface area contributed by atoms with Crippen molar-refractivity contribution in [3.8, 4) is 11.5 Å². The number of methoxy groups -OCH3 is 2. The number of ketones is 1. The molecule has 2 saturated carbocycles. The molecule has 1 aromatic carbocycles. The van der Waals surface area contributed by atoms with Crippen molar-refractivity contribution >= 4 is 5.78 Å². The van der Waals surface area contributed by atoms with E-state index >= 15 is 0 Å². The predicted molar refractivity (Wildman–Crippen MR) is 94.3 cm³/mol. The first kappa shape index (κ1) is 16.9. The largest absolute Gasteiger partial charge is 0.493 e. The molecule has 4 nitrogen and oxygen atoms in total. The first-order valence-electron chi connectivity index (χ1n) is 8.59. The summed E-state index contributed by atoms with van der Waals surface area (Å²) in [5.41, 5.74) is 3.58. The summed E-state index contributed by atoms with van der Waals surface area (Å²) in [6, 6.07) is 5.98. The molecule has 4 heteroatoms. The summed E-state index contributed by atoms with van der Waals surface area (Å²) in [6.07, 6.45) is 1.60. The SMILES string of the molecule is COc1ccc(CCNC(C)=C2C(=O)C[C@@H]3[C@@H]2C3(C)C)cc1OC. The third-order valence-electron chi connectivity index (χ3n) is 5.72. The minimum Gasteiger partial charge on any atom is -0.493 e. The number of hydrogen-bond acceptors (Lipinski definition) is 4. The quantitative estimate of drug-likeness (QED) is 0.813. The minimum atomic E-state index is 0.301. The van der Waals surface area contributed by atoms with Gasteiger partial charge in [0.15, 0.2) is 17.3 Å². The molecule has 0 radical (unpaired) electrons. The minimum absolute atomic E-state index is 0.301. The zero-order valence-electron chi connectivity index (χ0n) is 15.2. The van der Waals surface area contributed by atoms with Gasteiger partial charge in [-0.1, -0.05) is 19.9 Å². The highest BCUT2D eigenvalue weighted by molar-refractivity contribution is 6.01. The fraction of sp³-hybridized carbons (Fsp3) is 0.550. The van der Waals surface area contributed by atoms with Crippen molar-refractivity contribution in [2.75, 3.05) is 20.8 Å². The van der Waals surface area contributed by atoms with Crippen LogP contribution in [0, 0.1) is 17.3 Å².